The van der Waals surface area contributed by atoms with Gasteiger partial charge < -0.3 is 20.1 Å². The number of aromatic amines is 1. The van der Waals surface area contributed by atoms with Crippen molar-refractivity contribution in [2.24, 2.45) is 0 Å². The van der Waals surface area contributed by atoms with Gasteiger partial charge in [-0.15, -0.1) is 0 Å². The van der Waals surface area contributed by atoms with Gasteiger partial charge >= 0.3 is 5.97 Å². The monoisotopic (exact) mass is 335 g/mol. The van der Waals surface area contributed by atoms with Crippen LogP contribution in [0, 0.1) is 10.1 Å². The minimum atomic E-state index is -1.14. The first-order valence-electron chi connectivity index (χ1n) is 7.18. The first kappa shape index (κ1) is 17.4. The molecule has 0 bridgehead atoms. The minimum Gasteiger partial charge on any atom is -0.480 e. The quantitative estimate of drug-likeness (QED) is 0.490. The van der Waals surface area contributed by atoms with Crippen molar-refractivity contribution in [1.29, 1.82) is 0 Å². The van der Waals surface area contributed by atoms with E-state index in [2.05, 4.69) is 10.3 Å². The van der Waals surface area contributed by atoms with E-state index < -0.39 is 22.8 Å². The third kappa shape index (κ3) is 4.07. The highest BCUT2D eigenvalue weighted by Crippen LogP contribution is 2.24. The second-order valence-corrected chi connectivity index (χ2v) is 5.22. The van der Waals surface area contributed by atoms with Crippen molar-refractivity contribution in [3.63, 3.8) is 0 Å². The summed E-state index contributed by atoms with van der Waals surface area (Å²) in [7, 11) is 1.44. The fourth-order valence-electron chi connectivity index (χ4n) is 2.34. The second kappa shape index (κ2) is 7.55. The number of carboxylic acid groups (broad SMARTS) is 1. The summed E-state index contributed by atoms with van der Waals surface area (Å²) in [6, 6.07) is 3.27. The van der Waals surface area contributed by atoms with Crippen LogP contribution in [0.2, 0.25) is 0 Å². The topological polar surface area (TPSA) is 135 Å². The summed E-state index contributed by atoms with van der Waals surface area (Å²) in [4.78, 5) is 36.5. The molecule has 9 heteroatoms. The maximum atomic E-state index is 12.1. The van der Waals surface area contributed by atoms with Crippen LogP contribution < -0.4 is 5.32 Å². The fraction of sp³-hybridized carbons (Fsp3) is 0.333. The predicted molar refractivity (Wildman–Crippen MR) is 84.7 cm³/mol. The molecule has 128 valence electrons. The van der Waals surface area contributed by atoms with Crippen LogP contribution in [0.4, 0.5) is 5.69 Å². The summed E-state index contributed by atoms with van der Waals surface area (Å²) in [6.07, 6.45) is 1.65. The zero-order chi connectivity index (χ0) is 17.7. The van der Waals surface area contributed by atoms with E-state index in [4.69, 9.17) is 9.84 Å². The normalized spacial score (nSPS) is 12.0. The van der Waals surface area contributed by atoms with E-state index in [0.717, 1.165) is 0 Å². The maximum absolute atomic E-state index is 12.1. The van der Waals surface area contributed by atoms with Crippen molar-refractivity contribution >= 4 is 28.5 Å². The predicted octanol–water partition coefficient (Wildman–Crippen LogP) is 1.22. The Morgan fingerprint density at radius 2 is 2.21 bits per heavy atom. The maximum Gasteiger partial charge on any atom is 0.326 e. The van der Waals surface area contributed by atoms with Crippen LogP contribution >= 0.6 is 0 Å². The number of fused-ring (bicyclic) bond motifs is 1. The molecule has 24 heavy (non-hydrogen) atoms. The number of aromatic nitrogens is 1. The summed E-state index contributed by atoms with van der Waals surface area (Å²) in [5.41, 5.74) is 1.15. The van der Waals surface area contributed by atoms with Crippen LogP contribution in [0.15, 0.2) is 24.4 Å². The number of methoxy groups -OCH3 is 1. The Bertz CT molecular complexity index is 770. The summed E-state index contributed by atoms with van der Waals surface area (Å²) >= 11 is 0. The molecule has 3 N–H and O–H groups in total. The summed E-state index contributed by atoms with van der Waals surface area (Å²) < 4.78 is 4.82. The Hall–Kier alpha value is -2.94. The van der Waals surface area contributed by atoms with Gasteiger partial charge in [0.15, 0.2) is 0 Å². The summed E-state index contributed by atoms with van der Waals surface area (Å²) in [5.74, 6) is -1.62. The van der Waals surface area contributed by atoms with Gasteiger partial charge in [-0.1, -0.05) is 0 Å². The van der Waals surface area contributed by atoms with E-state index in [9.17, 15) is 19.7 Å². The van der Waals surface area contributed by atoms with Crippen LogP contribution in [0.25, 0.3) is 10.9 Å². The van der Waals surface area contributed by atoms with Crippen molar-refractivity contribution in [2.75, 3.05) is 13.7 Å². The number of H-pyrrole nitrogens is 1. The van der Waals surface area contributed by atoms with E-state index >= 15 is 0 Å². The SMILES string of the molecule is COCCC(NC(=O)Cc1c[nH]c2ccc([N+](=O)[O-])cc12)C(=O)O. The smallest absolute Gasteiger partial charge is 0.326 e. The molecule has 0 saturated heterocycles. The third-order valence-corrected chi connectivity index (χ3v) is 3.56. The average Bonchev–Trinajstić information content (AvgIpc) is 2.93. The minimum absolute atomic E-state index is 0.0766. The van der Waals surface area contributed by atoms with Gasteiger partial charge in [0.1, 0.15) is 6.04 Å². The van der Waals surface area contributed by atoms with Crippen LogP contribution in [-0.4, -0.2) is 46.6 Å². The number of nitro groups is 1. The Morgan fingerprint density at radius 3 is 2.83 bits per heavy atom. The van der Waals surface area contributed by atoms with Gasteiger partial charge in [0.2, 0.25) is 5.91 Å². The van der Waals surface area contributed by atoms with Gasteiger partial charge in [-0.25, -0.2) is 4.79 Å². The van der Waals surface area contributed by atoms with Gasteiger partial charge in [0, 0.05) is 49.4 Å². The van der Waals surface area contributed by atoms with Crippen LogP contribution in [0.5, 0.6) is 0 Å². The highest BCUT2D eigenvalue weighted by molar-refractivity contribution is 5.91. The number of hydrogen-bond donors (Lipinski definition) is 3. The van der Waals surface area contributed by atoms with Gasteiger partial charge in [-0.3, -0.25) is 14.9 Å². The summed E-state index contributed by atoms with van der Waals surface area (Å²) in [6.45, 7) is 0.205. The number of amides is 1. The zero-order valence-electron chi connectivity index (χ0n) is 12.9. The molecule has 1 amide bonds. The lowest BCUT2D eigenvalue weighted by molar-refractivity contribution is -0.384. The number of hydrogen-bond acceptors (Lipinski definition) is 5. The van der Waals surface area contributed by atoms with Crippen molar-refractivity contribution in [1.82, 2.24) is 10.3 Å². The molecular formula is C15H17N3O6. The number of aliphatic carboxylic acids is 1. The molecule has 0 fully saturated rings. The van der Waals surface area contributed by atoms with Gasteiger partial charge in [-0.05, 0) is 11.6 Å². The summed E-state index contributed by atoms with van der Waals surface area (Å²) in [5, 5.41) is 22.9. The van der Waals surface area contributed by atoms with Crippen LogP contribution in [0.1, 0.15) is 12.0 Å². The molecule has 0 aliphatic heterocycles. The molecule has 2 aromatic rings. The van der Waals surface area contributed by atoms with Crippen molar-refractivity contribution < 1.29 is 24.4 Å². The number of benzene rings is 1. The van der Waals surface area contributed by atoms with E-state index in [1.165, 1.54) is 19.2 Å². The number of carboxylic acids is 1. The molecule has 9 nitrogen and oxygen atoms in total. The van der Waals surface area contributed by atoms with Crippen molar-refractivity contribution in [2.45, 2.75) is 18.9 Å². The molecule has 1 unspecified atom stereocenters. The molecule has 0 aliphatic carbocycles. The number of nitro benzene ring substituents is 1. The van der Waals surface area contributed by atoms with Crippen LogP contribution in [0.3, 0.4) is 0 Å². The van der Waals surface area contributed by atoms with Crippen molar-refractivity contribution in [3.05, 3.63) is 40.1 Å². The number of nitrogens with zero attached hydrogens (tertiary/aromatic N) is 1. The highest BCUT2D eigenvalue weighted by Gasteiger charge is 2.20. The Kier molecular flexibility index (Phi) is 5.48. The highest BCUT2D eigenvalue weighted by atomic mass is 16.6. The third-order valence-electron chi connectivity index (χ3n) is 3.56. The molecule has 1 atom stereocenters. The lowest BCUT2D eigenvalue weighted by atomic mass is 10.1. The number of nitrogens with one attached hydrogen (secondary N) is 2. The second-order valence-electron chi connectivity index (χ2n) is 5.22. The molecule has 0 saturated carbocycles. The first-order valence-corrected chi connectivity index (χ1v) is 7.18. The number of non-ortho nitro benzene ring substituents is 1. The van der Waals surface area contributed by atoms with Gasteiger partial charge in [-0.2, -0.15) is 0 Å². The largest absolute Gasteiger partial charge is 0.480 e. The number of ether oxygens (including phenoxy) is 1. The van der Waals surface area contributed by atoms with Gasteiger partial charge in [0.25, 0.3) is 5.69 Å². The van der Waals surface area contributed by atoms with Crippen molar-refractivity contribution in [3.8, 4) is 0 Å². The molecule has 2 rings (SSSR count). The lowest BCUT2D eigenvalue weighted by Crippen LogP contribution is -2.42. The molecule has 1 heterocycles. The average molecular weight is 335 g/mol. The van der Waals surface area contributed by atoms with E-state index in [-0.39, 0.29) is 25.1 Å². The molecular weight excluding hydrogens is 318 g/mol. The number of carbonyl (C=O) groups is 2. The van der Waals surface area contributed by atoms with E-state index in [1.807, 2.05) is 0 Å². The fourth-order valence-corrected chi connectivity index (χ4v) is 2.34. The standard InChI is InChI=1S/C15H17N3O6/c1-24-5-4-13(15(20)21)17-14(19)6-9-8-16-12-3-2-10(18(22)23)7-11(9)12/h2-3,7-8,13,16H,4-6H2,1H3,(H,17,19)(H,20,21). The molecule has 0 radical (unpaired) electrons. The Balaban J connectivity index is 2.13. The van der Waals surface area contributed by atoms with E-state index in [0.29, 0.717) is 16.5 Å². The van der Waals surface area contributed by atoms with Crippen LogP contribution in [-0.2, 0) is 20.7 Å². The molecule has 0 spiro atoms. The zero-order valence-corrected chi connectivity index (χ0v) is 12.9. The molecule has 1 aromatic heterocycles. The van der Waals surface area contributed by atoms with Gasteiger partial charge in [0.05, 0.1) is 11.3 Å². The Labute approximate surface area is 136 Å². The first-order chi connectivity index (χ1) is 11.4. The number of carbonyl (C=O) groups excluding carboxylic acids is 1. The lowest BCUT2D eigenvalue weighted by Gasteiger charge is -2.13. The molecule has 1 aromatic carbocycles. The number of rotatable bonds is 8. The molecule has 0 aliphatic rings. The Morgan fingerprint density at radius 1 is 1.46 bits per heavy atom. The van der Waals surface area contributed by atoms with E-state index in [1.54, 1.807) is 12.3 Å².